The maximum absolute atomic E-state index is 12.1. The zero-order chi connectivity index (χ0) is 17.5. The number of anilines is 1. The smallest absolute Gasteiger partial charge is 0.319 e. The zero-order valence-electron chi connectivity index (χ0n) is 14.5. The van der Waals surface area contributed by atoms with Gasteiger partial charge in [-0.05, 0) is 38.3 Å². The highest BCUT2D eigenvalue weighted by Gasteiger charge is 2.12. The molecule has 0 spiro atoms. The molecule has 0 bridgehead atoms. The van der Waals surface area contributed by atoms with Crippen LogP contribution in [0.3, 0.4) is 0 Å². The highest BCUT2D eigenvalue weighted by atomic mass is 32.2. The quantitative estimate of drug-likeness (QED) is 0.754. The third-order valence-corrected chi connectivity index (χ3v) is 4.52. The molecule has 0 radical (unpaired) electrons. The molecule has 2 rings (SSSR count). The van der Waals surface area contributed by atoms with Crippen LogP contribution in [0.4, 0.5) is 10.5 Å². The van der Waals surface area contributed by atoms with Crippen molar-refractivity contribution in [3.63, 3.8) is 0 Å². The standard InChI is InChI=1S/C17H24N4O2S/c1-12-16(13(2)21(20-12)8-9-23-3)11-18-17(22)19-14-6-5-7-15(10-14)24-4/h5-7,10H,8-9,11H2,1-4H3,(H2,18,19,22). The molecule has 0 saturated heterocycles. The highest BCUT2D eigenvalue weighted by Crippen LogP contribution is 2.19. The molecule has 1 heterocycles. The maximum Gasteiger partial charge on any atom is 0.319 e. The fourth-order valence-electron chi connectivity index (χ4n) is 2.43. The number of nitrogens with zero attached hydrogens (tertiary/aromatic N) is 2. The first-order chi connectivity index (χ1) is 11.5. The van der Waals surface area contributed by atoms with Gasteiger partial charge >= 0.3 is 6.03 Å². The zero-order valence-corrected chi connectivity index (χ0v) is 15.4. The molecule has 0 unspecified atom stereocenters. The van der Waals surface area contributed by atoms with E-state index in [4.69, 9.17) is 4.74 Å². The third kappa shape index (κ3) is 4.75. The summed E-state index contributed by atoms with van der Waals surface area (Å²) in [6, 6.07) is 7.53. The van der Waals surface area contributed by atoms with E-state index in [1.54, 1.807) is 18.9 Å². The van der Waals surface area contributed by atoms with Crippen LogP contribution in [0.5, 0.6) is 0 Å². The van der Waals surface area contributed by atoms with Gasteiger partial charge in [0.05, 0.1) is 18.8 Å². The maximum atomic E-state index is 12.1. The first-order valence-corrected chi connectivity index (χ1v) is 8.98. The Morgan fingerprint density at radius 2 is 2.17 bits per heavy atom. The van der Waals surface area contributed by atoms with Crippen molar-refractivity contribution in [2.45, 2.75) is 31.8 Å². The van der Waals surface area contributed by atoms with Gasteiger partial charge in [0.15, 0.2) is 0 Å². The summed E-state index contributed by atoms with van der Waals surface area (Å²) < 4.78 is 7.00. The number of urea groups is 1. The summed E-state index contributed by atoms with van der Waals surface area (Å²) in [5.74, 6) is 0. The van der Waals surface area contributed by atoms with E-state index in [9.17, 15) is 4.79 Å². The van der Waals surface area contributed by atoms with Gasteiger partial charge in [-0.1, -0.05) is 6.07 Å². The van der Waals surface area contributed by atoms with Crippen molar-refractivity contribution in [2.75, 3.05) is 25.3 Å². The molecular weight excluding hydrogens is 324 g/mol. The number of amides is 2. The van der Waals surface area contributed by atoms with Gasteiger partial charge < -0.3 is 15.4 Å². The van der Waals surface area contributed by atoms with Crippen LogP contribution < -0.4 is 10.6 Å². The van der Waals surface area contributed by atoms with E-state index >= 15 is 0 Å². The van der Waals surface area contributed by atoms with Gasteiger partial charge in [-0.15, -0.1) is 11.8 Å². The highest BCUT2D eigenvalue weighted by molar-refractivity contribution is 7.98. The SMILES string of the molecule is COCCn1nc(C)c(CNC(=O)Nc2cccc(SC)c2)c1C. The Labute approximate surface area is 147 Å². The van der Waals surface area contributed by atoms with E-state index in [2.05, 4.69) is 15.7 Å². The van der Waals surface area contributed by atoms with Crippen LogP contribution >= 0.6 is 11.8 Å². The predicted molar refractivity (Wildman–Crippen MR) is 97.7 cm³/mol. The van der Waals surface area contributed by atoms with Crippen LogP contribution in [-0.4, -0.2) is 35.8 Å². The molecule has 2 aromatic rings. The van der Waals surface area contributed by atoms with Gasteiger partial charge in [-0.2, -0.15) is 5.10 Å². The fraction of sp³-hybridized carbons (Fsp3) is 0.412. The molecule has 6 nitrogen and oxygen atoms in total. The summed E-state index contributed by atoms with van der Waals surface area (Å²) in [6.07, 6.45) is 2.01. The molecule has 130 valence electrons. The number of carbonyl (C=O) groups excluding carboxylic acids is 1. The van der Waals surface area contributed by atoms with Crippen molar-refractivity contribution in [1.82, 2.24) is 15.1 Å². The minimum atomic E-state index is -0.225. The molecule has 24 heavy (non-hydrogen) atoms. The van der Waals surface area contributed by atoms with Gasteiger partial charge in [0.25, 0.3) is 0 Å². The number of methoxy groups -OCH3 is 1. The lowest BCUT2D eigenvalue weighted by atomic mass is 10.2. The molecule has 0 aliphatic carbocycles. The molecular formula is C17H24N4O2S. The largest absolute Gasteiger partial charge is 0.383 e. The van der Waals surface area contributed by atoms with Gasteiger partial charge in [0, 0.05) is 35.5 Å². The van der Waals surface area contributed by atoms with E-state index in [-0.39, 0.29) is 6.03 Å². The number of thioether (sulfide) groups is 1. The molecule has 0 aliphatic rings. The number of aryl methyl sites for hydroxylation is 1. The summed E-state index contributed by atoms with van der Waals surface area (Å²) in [5, 5.41) is 10.2. The normalized spacial score (nSPS) is 10.7. The molecule has 1 aromatic heterocycles. The van der Waals surface area contributed by atoms with Crippen molar-refractivity contribution in [2.24, 2.45) is 0 Å². The van der Waals surface area contributed by atoms with E-state index < -0.39 is 0 Å². The Kier molecular flexibility index (Phi) is 6.69. The van der Waals surface area contributed by atoms with Gasteiger partial charge in [0.2, 0.25) is 0 Å². The van der Waals surface area contributed by atoms with Crippen molar-refractivity contribution in [1.29, 1.82) is 0 Å². The Morgan fingerprint density at radius 3 is 2.88 bits per heavy atom. The monoisotopic (exact) mass is 348 g/mol. The van der Waals surface area contributed by atoms with Gasteiger partial charge in [0.1, 0.15) is 0 Å². The minimum absolute atomic E-state index is 0.225. The van der Waals surface area contributed by atoms with Crippen LogP contribution in [0, 0.1) is 13.8 Å². The van der Waals surface area contributed by atoms with Crippen LogP contribution in [0.25, 0.3) is 0 Å². The lowest BCUT2D eigenvalue weighted by Crippen LogP contribution is -2.28. The molecule has 2 amide bonds. The Bertz CT molecular complexity index is 700. The van der Waals surface area contributed by atoms with E-state index in [0.29, 0.717) is 19.7 Å². The summed E-state index contributed by atoms with van der Waals surface area (Å²) in [4.78, 5) is 13.2. The summed E-state index contributed by atoms with van der Waals surface area (Å²) >= 11 is 1.64. The summed E-state index contributed by atoms with van der Waals surface area (Å²) in [7, 11) is 1.67. The number of aromatic nitrogens is 2. The molecule has 1 aromatic carbocycles. The van der Waals surface area contributed by atoms with E-state index in [0.717, 1.165) is 27.5 Å². The van der Waals surface area contributed by atoms with Crippen molar-refractivity contribution in [3.05, 3.63) is 41.2 Å². The second kappa shape index (κ2) is 8.75. The van der Waals surface area contributed by atoms with Gasteiger partial charge in [-0.25, -0.2) is 4.79 Å². The van der Waals surface area contributed by atoms with Crippen molar-refractivity contribution in [3.8, 4) is 0 Å². The van der Waals surface area contributed by atoms with E-state index in [1.807, 2.05) is 49.1 Å². The topological polar surface area (TPSA) is 68.2 Å². The molecule has 7 heteroatoms. The predicted octanol–water partition coefficient (Wildman–Crippen LogP) is 3.19. The van der Waals surface area contributed by atoms with Crippen molar-refractivity contribution < 1.29 is 9.53 Å². The van der Waals surface area contributed by atoms with Gasteiger partial charge in [-0.3, -0.25) is 4.68 Å². The number of benzene rings is 1. The first kappa shape index (κ1) is 18.4. The fourth-order valence-corrected chi connectivity index (χ4v) is 2.89. The Balaban J connectivity index is 1.95. The number of hydrogen-bond donors (Lipinski definition) is 2. The molecule has 0 fully saturated rings. The third-order valence-electron chi connectivity index (χ3n) is 3.79. The lowest BCUT2D eigenvalue weighted by Gasteiger charge is -2.09. The van der Waals surface area contributed by atoms with Crippen LogP contribution in [0.15, 0.2) is 29.2 Å². The minimum Gasteiger partial charge on any atom is -0.383 e. The molecule has 0 atom stereocenters. The van der Waals surface area contributed by atoms with E-state index in [1.165, 1.54) is 0 Å². The summed E-state index contributed by atoms with van der Waals surface area (Å²) in [6.45, 7) is 5.72. The molecule has 2 N–H and O–H groups in total. The summed E-state index contributed by atoms with van der Waals surface area (Å²) in [5.41, 5.74) is 3.80. The van der Waals surface area contributed by atoms with Crippen LogP contribution in [0.1, 0.15) is 17.0 Å². The van der Waals surface area contributed by atoms with Crippen LogP contribution in [0.2, 0.25) is 0 Å². The Hall–Kier alpha value is -1.99. The second-order valence-corrected chi connectivity index (χ2v) is 6.28. The number of carbonyl (C=O) groups is 1. The Morgan fingerprint density at radius 1 is 1.38 bits per heavy atom. The number of nitrogens with one attached hydrogen (secondary N) is 2. The number of rotatable bonds is 7. The number of ether oxygens (including phenoxy) is 1. The lowest BCUT2D eigenvalue weighted by molar-refractivity contribution is 0.182. The average Bonchev–Trinajstić information content (AvgIpc) is 2.85. The number of hydrogen-bond acceptors (Lipinski definition) is 4. The molecule has 0 saturated carbocycles. The first-order valence-electron chi connectivity index (χ1n) is 7.76. The average molecular weight is 348 g/mol. The van der Waals surface area contributed by atoms with Crippen LogP contribution in [-0.2, 0) is 17.8 Å². The second-order valence-electron chi connectivity index (χ2n) is 5.40. The van der Waals surface area contributed by atoms with Crippen molar-refractivity contribution >= 4 is 23.5 Å². The molecule has 0 aliphatic heterocycles.